The van der Waals surface area contributed by atoms with Crippen LogP contribution in [-0.4, -0.2) is 12.4 Å². The zero-order valence-corrected chi connectivity index (χ0v) is 10.9. The lowest BCUT2D eigenvalue weighted by atomic mass is 10.1. The van der Waals surface area contributed by atoms with Crippen molar-refractivity contribution in [3.05, 3.63) is 52.7 Å². The Hall–Kier alpha value is -2.62. The van der Waals surface area contributed by atoms with Gasteiger partial charge in [0.1, 0.15) is 23.5 Å². The Morgan fingerprint density at radius 2 is 1.85 bits per heavy atom. The SMILES string of the molecule is CC(=O)COc1ccc2c(=O)c3ccccc3oc2c1. The zero-order chi connectivity index (χ0) is 14.1. The van der Waals surface area contributed by atoms with E-state index in [0.717, 1.165) is 0 Å². The highest BCUT2D eigenvalue weighted by Crippen LogP contribution is 2.22. The monoisotopic (exact) mass is 268 g/mol. The average Bonchev–Trinajstić information content (AvgIpc) is 2.45. The summed E-state index contributed by atoms with van der Waals surface area (Å²) in [5.74, 6) is 0.441. The van der Waals surface area contributed by atoms with Crippen LogP contribution in [0.5, 0.6) is 5.75 Å². The van der Waals surface area contributed by atoms with Crippen LogP contribution in [0.2, 0.25) is 0 Å². The van der Waals surface area contributed by atoms with Crippen LogP contribution in [0.1, 0.15) is 6.92 Å². The van der Waals surface area contributed by atoms with Gasteiger partial charge in [-0.2, -0.15) is 0 Å². The van der Waals surface area contributed by atoms with Gasteiger partial charge in [-0.05, 0) is 31.2 Å². The van der Waals surface area contributed by atoms with Crippen LogP contribution in [0, 0.1) is 0 Å². The molecule has 0 N–H and O–H groups in total. The Kier molecular flexibility index (Phi) is 2.99. The molecule has 0 fully saturated rings. The Balaban J connectivity index is 2.17. The Morgan fingerprint density at radius 3 is 2.65 bits per heavy atom. The quantitative estimate of drug-likeness (QED) is 0.685. The molecule has 1 heterocycles. The van der Waals surface area contributed by atoms with E-state index in [-0.39, 0.29) is 17.8 Å². The van der Waals surface area contributed by atoms with Crippen molar-refractivity contribution in [2.45, 2.75) is 6.92 Å². The molecule has 0 aliphatic rings. The highest BCUT2D eigenvalue weighted by molar-refractivity contribution is 5.90. The standard InChI is InChI=1S/C16H12O4/c1-10(17)9-19-11-6-7-13-15(8-11)20-14-5-3-2-4-12(14)16(13)18/h2-8H,9H2,1H3. The van der Waals surface area contributed by atoms with Gasteiger partial charge in [0, 0.05) is 6.07 Å². The van der Waals surface area contributed by atoms with E-state index in [9.17, 15) is 9.59 Å². The van der Waals surface area contributed by atoms with Gasteiger partial charge in [0.15, 0.2) is 5.78 Å². The molecule has 0 aliphatic carbocycles. The fraction of sp³-hybridized carbons (Fsp3) is 0.125. The lowest BCUT2D eigenvalue weighted by Gasteiger charge is -2.05. The van der Waals surface area contributed by atoms with Crippen molar-refractivity contribution >= 4 is 27.7 Å². The maximum Gasteiger partial charge on any atom is 0.200 e. The van der Waals surface area contributed by atoms with Gasteiger partial charge in [0.2, 0.25) is 5.43 Å². The largest absolute Gasteiger partial charge is 0.486 e. The summed E-state index contributed by atoms with van der Waals surface area (Å²) in [4.78, 5) is 23.2. The summed E-state index contributed by atoms with van der Waals surface area (Å²) in [6.07, 6.45) is 0. The summed E-state index contributed by atoms with van der Waals surface area (Å²) in [5, 5.41) is 1.05. The number of para-hydroxylation sites is 1. The molecule has 0 bridgehead atoms. The average molecular weight is 268 g/mol. The van der Waals surface area contributed by atoms with Crippen LogP contribution < -0.4 is 10.2 Å². The smallest absolute Gasteiger partial charge is 0.200 e. The first-order valence-electron chi connectivity index (χ1n) is 6.23. The van der Waals surface area contributed by atoms with Gasteiger partial charge in [-0.3, -0.25) is 9.59 Å². The highest BCUT2D eigenvalue weighted by Gasteiger charge is 2.08. The maximum atomic E-state index is 12.3. The Morgan fingerprint density at radius 1 is 1.10 bits per heavy atom. The van der Waals surface area contributed by atoms with Crippen LogP contribution in [0.3, 0.4) is 0 Å². The molecule has 0 atom stereocenters. The predicted octanol–water partition coefficient (Wildman–Crippen LogP) is 2.91. The molecule has 100 valence electrons. The summed E-state index contributed by atoms with van der Waals surface area (Å²) in [7, 11) is 0. The summed E-state index contributed by atoms with van der Waals surface area (Å²) in [6, 6.07) is 12.1. The third-order valence-corrected chi connectivity index (χ3v) is 2.99. The molecule has 0 radical (unpaired) electrons. The van der Waals surface area contributed by atoms with E-state index in [1.807, 2.05) is 6.07 Å². The molecule has 4 heteroatoms. The first kappa shape index (κ1) is 12.4. The number of hydrogen-bond acceptors (Lipinski definition) is 4. The van der Waals surface area contributed by atoms with Gasteiger partial charge >= 0.3 is 0 Å². The molecule has 0 saturated carbocycles. The maximum absolute atomic E-state index is 12.3. The van der Waals surface area contributed by atoms with Crippen LogP contribution in [0.15, 0.2) is 51.7 Å². The van der Waals surface area contributed by atoms with Crippen molar-refractivity contribution in [3.63, 3.8) is 0 Å². The minimum absolute atomic E-state index is 0.00329. The van der Waals surface area contributed by atoms with Crippen molar-refractivity contribution in [1.29, 1.82) is 0 Å². The number of rotatable bonds is 3. The van der Waals surface area contributed by atoms with Gasteiger partial charge in [0.05, 0.1) is 10.8 Å². The zero-order valence-electron chi connectivity index (χ0n) is 10.9. The third kappa shape index (κ3) is 2.16. The molecule has 3 aromatic rings. The fourth-order valence-electron chi connectivity index (χ4n) is 2.06. The van der Waals surface area contributed by atoms with E-state index in [4.69, 9.17) is 9.15 Å². The van der Waals surface area contributed by atoms with Crippen molar-refractivity contribution in [1.82, 2.24) is 0 Å². The molecule has 20 heavy (non-hydrogen) atoms. The van der Waals surface area contributed by atoms with Crippen LogP contribution >= 0.6 is 0 Å². The van der Waals surface area contributed by atoms with Gasteiger partial charge in [0.25, 0.3) is 0 Å². The van der Waals surface area contributed by atoms with Gasteiger partial charge in [-0.25, -0.2) is 0 Å². The van der Waals surface area contributed by atoms with E-state index in [0.29, 0.717) is 27.7 Å². The molecule has 0 amide bonds. The van der Waals surface area contributed by atoms with E-state index < -0.39 is 0 Å². The van der Waals surface area contributed by atoms with E-state index in [1.54, 1.807) is 36.4 Å². The van der Waals surface area contributed by atoms with Crippen molar-refractivity contribution in [3.8, 4) is 5.75 Å². The number of fused-ring (bicyclic) bond motifs is 2. The van der Waals surface area contributed by atoms with Crippen molar-refractivity contribution < 1.29 is 13.9 Å². The van der Waals surface area contributed by atoms with Gasteiger partial charge < -0.3 is 9.15 Å². The molecular formula is C16H12O4. The third-order valence-electron chi connectivity index (χ3n) is 2.99. The normalized spacial score (nSPS) is 10.8. The summed E-state index contributed by atoms with van der Waals surface area (Å²) >= 11 is 0. The number of benzene rings is 2. The number of Topliss-reactive ketones (excluding diaryl/α,β-unsaturated/α-hetero) is 1. The number of hydrogen-bond donors (Lipinski definition) is 0. The number of carbonyl (C=O) groups excluding carboxylic acids is 1. The molecule has 2 aromatic carbocycles. The second kappa shape index (κ2) is 4.81. The summed E-state index contributed by atoms with van der Waals surface area (Å²) in [5.41, 5.74) is 0.920. The molecule has 0 saturated heterocycles. The molecule has 0 unspecified atom stereocenters. The Labute approximate surface area is 114 Å². The van der Waals surface area contributed by atoms with Crippen molar-refractivity contribution in [2.75, 3.05) is 6.61 Å². The highest BCUT2D eigenvalue weighted by atomic mass is 16.5. The minimum Gasteiger partial charge on any atom is -0.486 e. The molecule has 0 spiro atoms. The number of carbonyl (C=O) groups is 1. The van der Waals surface area contributed by atoms with Crippen LogP contribution in [-0.2, 0) is 4.79 Å². The molecular weight excluding hydrogens is 256 g/mol. The lowest BCUT2D eigenvalue weighted by Crippen LogP contribution is -2.07. The van der Waals surface area contributed by atoms with Crippen LogP contribution in [0.25, 0.3) is 21.9 Å². The molecule has 4 nitrogen and oxygen atoms in total. The molecule has 1 aromatic heterocycles. The van der Waals surface area contributed by atoms with E-state index in [1.165, 1.54) is 6.92 Å². The molecule has 3 rings (SSSR count). The number of ketones is 1. The molecule has 0 aliphatic heterocycles. The topological polar surface area (TPSA) is 56.5 Å². The van der Waals surface area contributed by atoms with E-state index in [2.05, 4.69) is 0 Å². The fourth-order valence-corrected chi connectivity index (χ4v) is 2.06. The van der Waals surface area contributed by atoms with Gasteiger partial charge in [-0.15, -0.1) is 0 Å². The summed E-state index contributed by atoms with van der Waals surface area (Å²) in [6.45, 7) is 1.46. The van der Waals surface area contributed by atoms with Crippen molar-refractivity contribution in [2.24, 2.45) is 0 Å². The predicted molar refractivity (Wildman–Crippen MR) is 76.2 cm³/mol. The second-order valence-corrected chi connectivity index (χ2v) is 4.58. The first-order chi connectivity index (χ1) is 9.65. The van der Waals surface area contributed by atoms with E-state index >= 15 is 0 Å². The Bertz CT molecular complexity index is 861. The van der Waals surface area contributed by atoms with Crippen LogP contribution in [0.4, 0.5) is 0 Å². The second-order valence-electron chi connectivity index (χ2n) is 4.58. The van der Waals surface area contributed by atoms with Gasteiger partial charge in [-0.1, -0.05) is 12.1 Å². The first-order valence-corrected chi connectivity index (χ1v) is 6.23. The summed E-state index contributed by atoms with van der Waals surface area (Å²) < 4.78 is 11.0. The lowest BCUT2D eigenvalue weighted by molar-refractivity contribution is -0.118. The minimum atomic E-state index is -0.0695. The number of ether oxygens (including phenoxy) is 1.